The fourth-order valence-corrected chi connectivity index (χ4v) is 7.51. The number of hydrogen-bond donors (Lipinski definition) is 0. The van der Waals surface area contributed by atoms with Crippen LogP contribution in [0.15, 0.2) is 182 Å². The highest BCUT2D eigenvalue weighted by molar-refractivity contribution is 6.15. The number of aromatic nitrogens is 4. The van der Waals surface area contributed by atoms with Gasteiger partial charge >= 0.3 is 0 Å². The molecule has 0 fully saturated rings. The SMILES string of the molecule is c1ccc(-c2cc(-c3cccc4c5ccccc5n(-c5ccc6c(c5)c5ccccc5n6-c5ccccc5)c34)nc(-c3ccccc3)n2)cc1. The van der Waals surface area contributed by atoms with Crippen molar-refractivity contribution in [3.63, 3.8) is 0 Å². The summed E-state index contributed by atoms with van der Waals surface area (Å²) in [5.41, 5.74) is 11.8. The number of para-hydroxylation sites is 4. The summed E-state index contributed by atoms with van der Waals surface area (Å²) in [6, 6.07) is 64.2. The Kier molecular flexibility index (Phi) is 6.46. The lowest BCUT2D eigenvalue weighted by atomic mass is 10.0. The quantitative estimate of drug-likeness (QED) is 0.188. The molecule has 50 heavy (non-hydrogen) atoms. The van der Waals surface area contributed by atoms with E-state index in [4.69, 9.17) is 9.97 Å². The second-order valence-corrected chi connectivity index (χ2v) is 12.6. The van der Waals surface area contributed by atoms with Gasteiger partial charge in [0.25, 0.3) is 0 Å². The second-order valence-electron chi connectivity index (χ2n) is 12.6. The third kappa shape index (κ3) is 4.46. The molecule has 3 aromatic heterocycles. The highest BCUT2D eigenvalue weighted by atomic mass is 15.0. The molecule has 7 aromatic carbocycles. The van der Waals surface area contributed by atoms with Crippen molar-refractivity contribution < 1.29 is 0 Å². The van der Waals surface area contributed by atoms with Crippen LogP contribution in [0.1, 0.15) is 0 Å². The lowest BCUT2D eigenvalue weighted by Crippen LogP contribution is -1.99. The van der Waals surface area contributed by atoms with E-state index in [1.54, 1.807) is 0 Å². The lowest BCUT2D eigenvalue weighted by Gasteiger charge is -2.14. The Morgan fingerprint density at radius 3 is 1.64 bits per heavy atom. The van der Waals surface area contributed by atoms with Crippen LogP contribution in [0.5, 0.6) is 0 Å². The van der Waals surface area contributed by atoms with E-state index in [0.717, 1.165) is 50.5 Å². The van der Waals surface area contributed by atoms with Crippen molar-refractivity contribution >= 4 is 43.6 Å². The highest BCUT2D eigenvalue weighted by Gasteiger charge is 2.20. The van der Waals surface area contributed by atoms with E-state index in [2.05, 4.69) is 167 Å². The summed E-state index contributed by atoms with van der Waals surface area (Å²) < 4.78 is 4.78. The van der Waals surface area contributed by atoms with Gasteiger partial charge in [0.15, 0.2) is 5.82 Å². The van der Waals surface area contributed by atoms with Crippen LogP contribution in [0.4, 0.5) is 0 Å². The molecule has 0 saturated carbocycles. The van der Waals surface area contributed by atoms with Gasteiger partial charge in [-0.2, -0.15) is 0 Å². The highest BCUT2D eigenvalue weighted by Crippen LogP contribution is 2.40. The maximum absolute atomic E-state index is 5.25. The summed E-state index contributed by atoms with van der Waals surface area (Å²) >= 11 is 0. The monoisotopic (exact) mass is 638 g/mol. The van der Waals surface area contributed by atoms with Crippen molar-refractivity contribution in [3.8, 4) is 45.3 Å². The van der Waals surface area contributed by atoms with E-state index < -0.39 is 0 Å². The first-order chi connectivity index (χ1) is 24.8. The molecule has 0 radical (unpaired) electrons. The van der Waals surface area contributed by atoms with Crippen LogP contribution in [-0.2, 0) is 0 Å². The van der Waals surface area contributed by atoms with E-state index in [-0.39, 0.29) is 0 Å². The van der Waals surface area contributed by atoms with Gasteiger partial charge in [0.05, 0.1) is 33.5 Å². The van der Waals surface area contributed by atoms with Gasteiger partial charge in [0.2, 0.25) is 0 Å². The fourth-order valence-electron chi connectivity index (χ4n) is 7.51. The second kappa shape index (κ2) is 11.4. The smallest absolute Gasteiger partial charge is 0.160 e. The van der Waals surface area contributed by atoms with Crippen molar-refractivity contribution in [1.29, 1.82) is 0 Å². The molecule has 0 amide bonds. The van der Waals surface area contributed by atoms with Gasteiger partial charge in [0, 0.05) is 49.6 Å². The Morgan fingerprint density at radius 2 is 0.900 bits per heavy atom. The Hall–Kier alpha value is -6.78. The molecule has 10 aromatic rings. The number of nitrogens with zero attached hydrogens (tertiary/aromatic N) is 4. The van der Waals surface area contributed by atoms with Crippen LogP contribution in [0, 0.1) is 0 Å². The Balaban J connectivity index is 1.27. The summed E-state index contributed by atoms with van der Waals surface area (Å²) in [5, 5.41) is 4.83. The zero-order valence-electron chi connectivity index (χ0n) is 27.1. The predicted octanol–water partition coefficient (Wildman–Crippen LogP) is 11.7. The average molecular weight is 639 g/mol. The lowest BCUT2D eigenvalue weighted by molar-refractivity contribution is 1.16. The molecule has 234 valence electrons. The van der Waals surface area contributed by atoms with E-state index in [1.165, 1.54) is 32.6 Å². The van der Waals surface area contributed by atoms with Gasteiger partial charge in [-0.05, 0) is 48.5 Å². The van der Waals surface area contributed by atoms with E-state index >= 15 is 0 Å². The molecule has 0 aliphatic carbocycles. The van der Waals surface area contributed by atoms with Crippen molar-refractivity contribution in [2.75, 3.05) is 0 Å². The van der Waals surface area contributed by atoms with Crippen molar-refractivity contribution in [2.24, 2.45) is 0 Å². The number of benzene rings is 7. The van der Waals surface area contributed by atoms with Gasteiger partial charge in [-0.3, -0.25) is 0 Å². The number of rotatable bonds is 5. The fraction of sp³-hybridized carbons (Fsp3) is 0. The molecule has 0 bridgehead atoms. The van der Waals surface area contributed by atoms with Crippen LogP contribution in [0.3, 0.4) is 0 Å². The maximum Gasteiger partial charge on any atom is 0.160 e. The van der Waals surface area contributed by atoms with E-state index in [9.17, 15) is 0 Å². The van der Waals surface area contributed by atoms with Crippen molar-refractivity contribution in [3.05, 3.63) is 182 Å². The van der Waals surface area contributed by atoms with Gasteiger partial charge in [0.1, 0.15) is 0 Å². The van der Waals surface area contributed by atoms with Gasteiger partial charge in [-0.1, -0.05) is 133 Å². The molecule has 3 heterocycles. The van der Waals surface area contributed by atoms with E-state index in [1.807, 2.05) is 24.3 Å². The van der Waals surface area contributed by atoms with Crippen LogP contribution in [-0.4, -0.2) is 19.1 Å². The Bertz CT molecular complexity index is 2790. The molecule has 4 heteroatoms. The predicted molar refractivity (Wildman–Crippen MR) is 207 cm³/mol. The van der Waals surface area contributed by atoms with Crippen LogP contribution < -0.4 is 0 Å². The Morgan fingerprint density at radius 1 is 0.340 bits per heavy atom. The zero-order chi connectivity index (χ0) is 33.0. The van der Waals surface area contributed by atoms with Gasteiger partial charge in [-0.25, -0.2) is 9.97 Å². The average Bonchev–Trinajstić information content (AvgIpc) is 3.71. The topological polar surface area (TPSA) is 35.6 Å². The Labute approximate surface area is 289 Å². The number of fused-ring (bicyclic) bond motifs is 6. The van der Waals surface area contributed by atoms with Crippen LogP contribution in [0.2, 0.25) is 0 Å². The molecule has 4 nitrogen and oxygen atoms in total. The first-order valence-electron chi connectivity index (χ1n) is 16.9. The minimum atomic E-state index is 0.705. The number of hydrogen-bond acceptors (Lipinski definition) is 2. The maximum atomic E-state index is 5.25. The molecule has 0 aliphatic heterocycles. The molecule has 10 rings (SSSR count). The first-order valence-corrected chi connectivity index (χ1v) is 16.9. The van der Waals surface area contributed by atoms with Crippen molar-refractivity contribution in [2.45, 2.75) is 0 Å². The summed E-state index contributed by atoms with van der Waals surface area (Å²) in [6.07, 6.45) is 0. The van der Waals surface area contributed by atoms with Crippen LogP contribution >= 0.6 is 0 Å². The molecule has 0 N–H and O–H groups in total. The molecule has 0 aliphatic rings. The van der Waals surface area contributed by atoms with Crippen LogP contribution in [0.25, 0.3) is 88.9 Å². The zero-order valence-corrected chi connectivity index (χ0v) is 27.1. The summed E-state index contributed by atoms with van der Waals surface area (Å²) in [7, 11) is 0. The minimum absolute atomic E-state index is 0.705. The molecule has 0 unspecified atom stereocenters. The normalized spacial score (nSPS) is 11.6. The summed E-state index contributed by atoms with van der Waals surface area (Å²) in [4.78, 5) is 10.3. The first kappa shape index (κ1) is 28.3. The summed E-state index contributed by atoms with van der Waals surface area (Å²) in [6.45, 7) is 0. The third-order valence-electron chi connectivity index (χ3n) is 9.73. The molecule has 0 spiro atoms. The largest absolute Gasteiger partial charge is 0.309 e. The molecule has 0 saturated heterocycles. The molecule has 0 atom stereocenters. The molecular weight excluding hydrogens is 609 g/mol. The third-order valence-corrected chi connectivity index (χ3v) is 9.73. The van der Waals surface area contributed by atoms with Gasteiger partial charge < -0.3 is 9.13 Å². The minimum Gasteiger partial charge on any atom is -0.309 e. The summed E-state index contributed by atoms with van der Waals surface area (Å²) in [5.74, 6) is 0.705. The van der Waals surface area contributed by atoms with E-state index in [0.29, 0.717) is 5.82 Å². The standard InChI is InChI=1S/C46H30N4/c1-4-15-31(16-5-1)40-30-41(48-46(47-40)32-17-6-2-7-18-32)38-24-14-23-37-35-21-10-13-26-43(35)50(45(37)38)34-27-28-44-39(29-34)36-22-11-12-25-42(36)49(44)33-19-8-3-9-20-33/h1-30H. The van der Waals surface area contributed by atoms with Gasteiger partial charge in [-0.15, -0.1) is 0 Å². The van der Waals surface area contributed by atoms with Crippen molar-refractivity contribution in [1.82, 2.24) is 19.1 Å². The molecular formula is C46H30N4.